The van der Waals surface area contributed by atoms with Crippen LogP contribution < -0.4 is 5.32 Å². The molecule has 0 unspecified atom stereocenters. The molecule has 0 atom stereocenters. The predicted molar refractivity (Wildman–Crippen MR) is 37.0 cm³/mol. The highest BCUT2D eigenvalue weighted by molar-refractivity contribution is 4.46. The van der Waals surface area contributed by atoms with Crippen LogP contribution in [0.5, 0.6) is 0 Å². The van der Waals surface area contributed by atoms with Crippen molar-refractivity contribution >= 4 is 0 Å². The lowest BCUT2D eigenvalue weighted by Gasteiger charge is -2.00. The molecule has 0 saturated heterocycles. The molecule has 49 valence electrons. The second-order valence-corrected chi connectivity index (χ2v) is 2.58. The van der Waals surface area contributed by atoms with Crippen molar-refractivity contribution in [3.8, 4) is 0 Å². The Labute approximate surface area is 52.5 Å². The molecular weight excluding hydrogens is 98.1 g/mol. The molecule has 8 heavy (non-hydrogen) atoms. The van der Waals surface area contributed by atoms with Gasteiger partial charge in [-0.3, -0.25) is 0 Å². The first-order valence-electron chi connectivity index (χ1n) is 3.33. The Morgan fingerprint density at radius 1 is 1.38 bits per heavy atom. The van der Waals surface area contributed by atoms with Crippen molar-refractivity contribution < 1.29 is 0 Å². The largest absolute Gasteiger partial charge is 0.245 e. The monoisotopic (exact) mass is 114 g/mol. The highest BCUT2D eigenvalue weighted by atomic mass is 14.8. The molecule has 0 saturated carbocycles. The smallest absolute Gasteiger partial charge is 0.0130 e. The summed E-state index contributed by atoms with van der Waals surface area (Å²) in [5.74, 6) is 0.844. The van der Waals surface area contributed by atoms with Gasteiger partial charge in [-0.15, -0.1) is 0 Å². The van der Waals surface area contributed by atoms with Gasteiger partial charge >= 0.3 is 0 Å². The molecule has 0 aromatic heterocycles. The maximum atomic E-state index is 4.01. The third-order valence-electron chi connectivity index (χ3n) is 1.16. The van der Waals surface area contributed by atoms with E-state index in [0.717, 1.165) is 12.5 Å². The fourth-order valence-electron chi connectivity index (χ4n) is 0.658. The Hall–Kier alpha value is -0.0400. The van der Waals surface area contributed by atoms with Gasteiger partial charge in [0, 0.05) is 13.6 Å². The van der Waals surface area contributed by atoms with Gasteiger partial charge in [0.25, 0.3) is 0 Å². The summed E-state index contributed by atoms with van der Waals surface area (Å²) in [4.78, 5) is 0. The van der Waals surface area contributed by atoms with Crippen LogP contribution in [0.3, 0.4) is 0 Å². The van der Waals surface area contributed by atoms with E-state index in [1.54, 1.807) is 0 Å². The molecule has 0 N–H and O–H groups in total. The first-order chi connectivity index (χ1) is 3.77. The standard InChI is InChI=1S/C7H16N/c1-7(2)5-4-6-8-3/h7H,4-6H2,1-3H3. The zero-order valence-corrected chi connectivity index (χ0v) is 6.15. The van der Waals surface area contributed by atoms with Crippen LogP contribution in [0, 0.1) is 5.92 Å². The molecule has 0 rings (SSSR count). The third kappa shape index (κ3) is 5.96. The van der Waals surface area contributed by atoms with E-state index in [1.807, 2.05) is 7.05 Å². The summed E-state index contributed by atoms with van der Waals surface area (Å²) in [7, 11) is 1.88. The van der Waals surface area contributed by atoms with Crippen molar-refractivity contribution in [3.63, 3.8) is 0 Å². The number of hydrogen-bond acceptors (Lipinski definition) is 0. The minimum Gasteiger partial charge on any atom is -0.245 e. The molecule has 0 amide bonds. The van der Waals surface area contributed by atoms with Crippen molar-refractivity contribution in [2.75, 3.05) is 13.6 Å². The predicted octanol–water partition coefficient (Wildman–Crippen LogP) is 1.66. The molecule has 1 nitrogen and oxygen atoms in total. The fraction of sp³-hybridized carbons (Fsp3) is 1.00. The lowest BCUT2D eigenvalue weighted by Crippen LogP contribution is -2.00. The summed E-state index contributed by atoms with van der Waals surface area (Å²) < 4.78 is 0. The Bertz CT molecular complexity index is 41.7. The number of rotatable bonds is 4. The molecule has 0 aromatic rings. The van der Waals surface area contributed by atoms with Gasteiger partial charge in [0.05, 0.1) is 0 Å². The second kappa shape index (κ2) is 5.10. The van der Waals surface area contributed by atoms with Gasteiger partial charge in [0.2, 0.25) is 0 Å². The van der Waals surface area contributed by atoms with E-state index in [0.29, 0.717) is 0 Å². The summed E-state index contributed by atoms with van der Waals surface area (Å²) in [6.07, 6.45) is 2.57. The maximum Gasteiger partial charge on any atom is 0.0130 e. The molecule has 0 heterocycles. The molecule has 0 aliphatic carbocycles. The van der Waals surface area contributed by atoms with E-state index in [1.165, 1.54) is 12.8 Å². The van der Waals surface area contributed by atoms with Crippen LogP contribution in [0.25, 0.3) is 0 Å². The number of nitrogens with zero attached hydrogens (tertiary/aromatic N) is 1. The van der Waals surface area contributed by atoms with Crippen molar-refractivity contribution in [1.29, 1.82) is 0 Å². The molecule has 0 spiro atoms. The second-order valence-electron chi connectivity index (χ2n) is 2.58. The lowest BCUT2D eigenvalue weighted by atomic mass is 10.1. The van der Waals surface area contributed by atoms with Gasteiger partial charge in [-0.1, -0.05) is 13.8 Å². The van der Waals surface area contributed by atoms with E-state index in [-0.39, 0.29) is 0 Å². The van der Waals surface area contributed by atoms with E-state index < -0.39 is 0 Å². The first-order valence-corrected chi connectivity index (χ1v) is 3.33. The van der Waals surface area contributed by atoms with E-state index in [9.17, 15) is 0 Å². The van der Waals surface area contributed by atoms with E-state index in [4.69, 9.17) is 0 Å². The van der Waals surface area contributed by atoms with Crippen LogP contribution in [0.15, 0.2) is 0 Å². The SMILES string of the molecule is C[N]CCCC(C)C. The van der Waals surface area contributed by atoms with Gasteiger partial charge in [-0.25, -0.2) is 5.32 Å². The summed E-state index contributed by atoms with van der Waals surface area (Å²) in [5, 5.41) is 4.01. The minimum atomic E-state index is 0.844. The van der Waals surface area contributed by atoms with Crippen LogP contribution in [0.4, 0.5) is 0 Å². The first kappa shape index (κ1) is 7.96. The lowest BCUT2D eigenvalue weighted by molar-refractivity contribution is 0.540. The van der Waals surface area contributed by atoms with Crippen LogP contribution in [-0.2, 0) is 0 Å². The van der Waals surface area contributed by atoms with Crippen LogP contribution in [0.1, 0.15) is 26.7 Å². The topological polar surface area (TPSA) is 14.1 Å². The van der Waals surface area contributed by atoms with Crippen molar-refractivity contribution in [1.82, 2.24) is 5.32 Å². The molecule has 0 bridgehead atoms. The Morgan fingerprint density at radius 2 is 2.00 bits per heavy atom. The molecule has 0 aliphatic heterocycles. The molecule has 0 aromatic carbocycles. The summed E-state index contributed by atoms with van der Waals surface area (Å²) >= 11 is 0. The van der Waals surface area contributed by atoms with Gasteiger partial charge < -0.3 is 0 Å². The Morgan fingerprint density at radius 3 is 2.38 bits per heavy atom. The average molecular weight is 114 g/mol. The van der Waals surface area contributed by atoms with Crippen molar-refractivity contribution in [2.24, 2.45) is 5.92 Å². The van der Waals surface area contributed by atoms with Gasteiger partial charge in [-0.2, -0.15) is 0 Å². The zero-order chi connectivity index (χ0) is 6.41. The summed E-state index contributed by atoms with van der Waals surface area (Å²) in [6, 6.07) is 0. The highest BCUT2D eigenvalue weighted by Gasteiger charge is 1.90. The molecule has 0 fully saturated rings. The van der Waals surface area contributed by atoms with E-state index >= 15 is 0 Å². The normalized spacial score (nSPS) is 10.5. The number of hydrogen-bond donors (Lipinski definition) is 0. The van der Waals surface area contributed by atoms with Crippen LogP contribution >= 0.6 is 0 Å². The summed E-state index contributed by atoms with van der Waals surface area (Å²) in [5.41, 5.74) is 0. The molecule has 1 radical (unpaired) electrons. The highest BCUT2D eigenvalue weighted by Crippen LogP contribution is 2.01. The van der Waals surface area contributed by atoms with Crippen molar-refractivity contribution in [2.45, 2.75) is 26.7 Å². The fourth-order valence-corrected chi connectivity index (χ4v) is 0.658. The van der Waals surface area contributed by atoms with Crippen molar-refractivity contribution in [3.05, 3.63) is 0 Å². The van der Waals surface area contributed by atoms with E-state index in [2.05, 4.69) is 19.2 Å². The Kier molecular flexibility index (Phi) is 5.08. The molecular formula is C7H16N. The third-order valence-corrected chi connectivity index (χ3v) is 1.16. The maximum absolute atomic E-state index is 4.01. The van der Waals surface area contributed by atoms with Crippen LogP contribution in [0.2, 0.25) is 0 Å². The van der Waals surface area contributed by atoms with Crippen LogP contribution in [-0.4, -0.2) is 13.6 Å². The quantitative estimate of drug-likeness (QED) is 0.493. The minimum absolute atomic E-state index is 0.844. The van der Waals surface area contributed by atoms with Gasteiger partial charge in [0.15, 0.2) is 0 Å². The molecule has 1 heteroatoms. The molecule has 0 aliphatic rings. The average Bonchev–Trinajstić information content (AvgIpc) is 1.66. The zero-order valence-electron chi connectivity index (χ0n) is 6.15. The Balaban J connectivity index is 2.72. The summed E-state index contributed by atoms with van der Waals surface area (Å²) in [6.45, 7) is 5.53. The van der Waals surface area contributed by atoms with Gasteiger partial charge in [0.1, 0.15) is 0 Å². The van der Waals surface area contributed by atoms with Gasteiger partial charge in [-0.05, 0) is 18.8 Å².